The van der Waals surface area contributed by atoms with Crippen molar-refractivity contribution in [2.45, 2.75) is 0 Å². The number of halogens is 1. The van der Waals surface area contributed by atoms with Gasteiger partial charge in [-0.3, -0.25) is 14.4 Å². The molecule has 2 aromatic carbocycles. The Bertz CT molecular complexity index is 746. The van der Waals surface area contributed by atoms with Crippen LogP contribution in [-0.4, -0.2) is 17.7 Å². The molecule has 0 heterocycles. The third-order valence-electron chi connectivity index (χ3n) is 2.77. The SMILES string of the molecule is NC(=O)c1ccccc1NC(=O)C(=O)Nc1ccccc1Cl. The largest absolute Gasteiger partial charge is 0.366 e. The number of nitrogens with two attached hydrogens (primary N) is 1. The van der Waals surface area contributed by atoms with Crippen molar-refractivity contribution in [2.24, 2.45) is 5.73 Å². The maximum Gasteiger partial charge on any atom is 0.314 e. The molecular formula is C15H12ClN3O3. The molecule has 22 heavy (non-hydrogen) atoms. The van der Waals surface area contributed by atoms with E-state index in [2.05, 4.69) is 10.6 Å². The minimum Gasteiger partial charge on any atom is -0.366 e. The first-order valence-corrected chi connectivity index (χ1v) is 6.62. The molecule has 2 aromatic rings. The van der Waals surface area contributed by atoms with E-state index >= 15 is 0 Å². The summed E-state index contributed by atoms with van der Waals surface area (Å²) in [6.45, 7) is 0. The van der Waals surface area contributed by atoms with Crippen LogP contribution in [0.3, 0.4) is 0 Å². The predicted molar refractivity (Wildman–Crippen MR) is 83.7 cm³/mol. The Morgan fingerprint density at radius 2 is 1.32 bits per heavy atom. The molecule has 0 saturated carbocycles. The van der Waals surface area contributed by atoms with Gasteiger partial charge in [-0.2, -0.15) is 0 Å². The van der Waals surface area contributed by atoms with Crippen molar-refractivity contribution in [3.8, 4) is 0 Å². The van der Waals surface area contributed by atoms with Gasteiger partial charge in [-0.1, -0.05) is 35.9 Å². The summed E-state index contributed by atoms with van der Waals surface area (Å²) in [6, 6.07) is 12.6. The van der Waals surface area contributed by atoms with Gasteiger partial charge in [0.15, 0.2) is 0 Å². The molecule has 2 rings (SSSR count). The third kappa shape index (κ3) is 3.62. The molecule has 0 saturated heterocycles. The number of carbonyl (C=O) groups is 3. The van der Waals surface area contributed by atoms with Crippen LogP contribution in [0.2, 0.25) is 5.02 Å². The van der Waals surface area contributed by atoms with Crippen LogP contribution >= 0.6 is 11.6 Å². The highest BCUT2D eigenvalue weighted by atomic mass is 35.5. The molecular weight excluding hydrogens is 306 g/mol. The number of amides is 3. The molecule has 6 nitrogen and oxygen atoms in total. The summed E-state index contributed by atoms with van der Waals surface area (Å²) in [4.78, 5) is 35.0. The predicted octanol–water partition coefficient (Wildman–Crippen LogP) is 2.02. The van der Waals surface area contributed by atoms with Crippen molar-refractivity contribution in [3.63, 3.8) is 0 Å². The van der Waals surface area contributed by atoms with E-state index in [1.54, 1.807) is 36.4 Å². The quantitative estimate of drug-likeness (QED) is 0.755. The molecule has 0 spiro atoms. The molecule has 0 fully saturated rings. The zero-order chi connectivity index (χ0) is 16.1. The van der Waals surface area contributed by atoms with Crippen LogP contribution in [0.4, 0.5) is 11.4 Å². The number of benzene rings is 2. The highest BCUT2D eigenvalue weighted by Gasteiger charge is 2.17. The number of primary amides is 1. The molecule has 0 unspecified atom stereocenters. The fourth-order valence-corrected chi connectivity index (χ4v) is 1.91. The van der Waals surface area contributed by atoms with E-state index in [9.17, 15) is 14.4 Å². The van der Waals surface area contributed by atoms with Gasteiger partial charge in [-0.15, -0.1) is 0 Å². The average molecular weight is 318 g/mol. The number of anilines is 2. The van der Waals surface area contributed by atoms with Gasteiger partial charge in [-0.05, 0) is 24.3 Å². The number of nitrogens with one attached hydrogen (secondary N) is 2. The number of para-hydroxylation sites is 2. The Morgan fingerprint density at radius 1 is 0.818 bits per heavy atom. The van der Waals surface area contributed by atoms with Crippen molar-refractivity contribution in [1.29, 1.82) is 0 Å². The average Bonchev–Trinajstić information content (AvgIpc) is 2.49. The maximum atomic E-state index is 11.9. The van der Waals surface area contributed by atoms with E-state index in [1.807, 2.05) is 0 Å². The van der Waals surface area contributed by atoms with Crippen LogP contribution in [0, 0.1) is 0 Å². The van der Waals surface area contributed by atoms with Crippen LogP contribution < -0.4 is 16.4 Å². The van der Waals surface area contributed by atoms with Crippen LogP contribution in [0.25, 0.3) is 0 Å². The van der Waals surface area contributed by atoms with Gasteiger partial charge in [0, 0.05) is 0 Å². The van der Waals surface area contributed by atoms with Gasteiger partial charge in [0.2, 0.25) is 0 Å². The Hall–Kier alpha value is -2.86. The van der Waals surface area contributed by atoms with Crippen molar-refractivity contribution in [1.82, 2.24) is 0 Å². The normalized spacial score (nSPS) is 9.86. The van der Waals surface area contributed by atoms with Gasteiger partial charge in [0.1, 0.15) is 0 Å². The zero-order valence-electron chi connectivity index (χ0n) is 11.3. The van der Waals surface area contributed by atoms with E-state index < -0.39 is 17.7 Å². The maximum absolute atomic E-state index is 11.9. The molecule has 4 N–H and O–H groups in total. The summed E-state index contributed by atoms with van der Waals surface area (Å²) in [5, 5.41) is 5.02. The second-order valence-corrected chi connectivity index (χ2v) is 4.71. The fourth-order valence-electron chi connectivity index (χ4n) is 1.73. The molecule has 7 heteroatoms. The molecule has 0 bridgehead atoms. The van der Waals surface area contributed by atoms with Crippen molar-refractivity contribution < 1.29 is 14.4 Å². The van der Waals surface area contributed by atoms with Crippen molar-refractivity contribution in [2.75, 3.05) is 10.6 Å². The van der Waals surface area contributed by atoms with E-state index in [0.717, 1.165) is 0 Å². The van der Waals surface area contributed by atoms with Crippen LogP contribution in [-0.2, 0) is 9.59 Å². The van der Waals surface area contributed by atoms with Crippen LogP contribution in [0.15, 0.2) is 48.5 Å². The fraction of sp³-hybridized carbons (Fsp3) is 0. The Kier molecular flexibility index (Phi) is 4.75. The minimum absolute atomic E-state index is 0.112. The summed E-state index contributed by atoms with van der Waals surface area (Å²) in [7, 11) is 0. The molecule has 0 aliphatic carbocycles. The van der Waals surface area contributed by atoms with Gasteiger partial charge in [-0.25, -0.2) is 0 Å². The lowest BCUT2D eigenvalue weighted by molar-refractivity contribution is -0.133. The van der Waals surface area contributed by atoms with Crippen LogP contribution in [0.5, 0.6) is 0 Å². The lowest BCUT2D eigenvalue weighted by Gasteiger charge is -2.09. The second kappa shape index (κ2) is 6.73. The standard InChI is InChI=1S/C15H12ClN3O3/c16-10-6-2-4-8-12(10)19-15(22)14(21)18-11-7-3-1-5-9(11)13(17)20/h1-8H,(H2,17,20)(H,18,21)(H,19,22). The summed E-state index contributed by atoms with van der Waals surface area (Å²) >= 11 is 5.89. The van der Waals surface area contributed by atoms with E-state index in [0.29, 0.717) is 10.7 Å². The number of hydrogen-bond donors (Lipinski definition) is 3. The lowest BCUT2D eigenvalue weighted by Crippen LogP contribution is -2.30. The monoisotopic (exact) mass is 317 g/mol. The summed E-state index contributed by atoms with van der Waals surface area (Å²) in [6.07, 6.45) is 0. The number of rotatable bonds is 3. The third-order valence-corrected chi connectivity index (χ3v) is 3.10. The highest BCUT2D eigenvalue weighted by Crippen LogP contribution is 2.20. The highest BCUT2D eigenvalue weighted by molar-refractivity contribution is 6.45. The summed E-state index contributed by atoms with van der Waals surface area (Å²) in [5.74, 6) is -2.55. The van der Waals surface area contributed by atoms with E-state index in [-0.39, 0.29) is 11.3 Å². The van der Waals surface area contributed by atoms with Gasteiger partial charge >= 0.3 is 11.8 Å². The lowest BCUT2D eigenvalue weighted by atomic mass is 10.1. The summed E-state index contributed by atoms with van der Waals surface area (Å²) < 4.78 is 0. The molecule has 3 amide bonds. The zero-order valence-corrected chi connectivity index (χ0v) is 12.1. The molecule has 0 aromatic heterocycles. The summed E-state index contributed by atoms with van der Waals surface area (Å²) in [5.41, 5.74) is 5.79. The first kappa shape index (κ1) is 15.5. The Balaban J connectivity index is 2.11. The van der Waals surface area contributed by atoms with Crippen molar-refractivity contribution in [3.05, 3.63) is 59.1 Å². The number of carbonyl (C=O) groups excluding carboxylic acids is 3. The van der Waals surface area contributed by atoms with Gasteiger partial charge in [0.05, 0.1) is 22.0 Å². The van der Waals surface area contributed by atoms with E-state index in [1.165, 1.54) is 12.1 Å². The molecule has 0 aliphatic rings. The Labute approximate surface area is 131 Å². The minimum atomic E-state index is -0.936. The van der Waals surface area contributed by atoms with Gasteiger partial charge < -0.3 is 16.4 Å². The molecule has 0 atom stereocenters. The van der Waals surface area contributed by atoms with Crippen LogP contribution in [0.1, 0.15) is 10.4 Å². The number of hydrogen-bond acceptors (Lipinski definition) is 3. The molecule has 0 radical (unpaired) electrons. The first-order valence-electron chi connectivity index (χ1n) is 6.24. The smallest absolute Gasteiger partial charge is 0.314 e. The van der Waals surface area contributed by atoms with E-state index in [4.69, 9.17) is 17.3 Å². The molecule has 112 valence electrons. The first-order chi connectivity index (χ1) is 10.5. The Morgan fingerprint density at radius 3 is 1.91 bits per heavy atom. The second-order valence-electron chi connectivity index (χ2n) is 4.30. The topological polar surface area (TPSA) is 101 Å². The molecule has 0 aliphatic heterocycles. The van der Waals surface area contributed by atoms with Gasteiger partial charge in [0.25, 0.3) is 5.91 Å². The van der Waals surface area contributed by atoms with Crippen molar-refractivity contribution >= 4 is 40.7 Å².